The van der Waals surface area contributed by atoms with Crippen LogP contribution in [0.15, 0.2) is 6.20 Å². The van der Waals surface area contributed by atoms with Gasteiger partial charge in [0.1, 0.15) is 17.8 Å². The number of amides is 3. The van der Waals surface area contributed by atoms with Gasteiger partial charge in [-0.2, -0.15) is 0 Å². The maximum Gasteiger partial charge on any atom is 0.248 e. The first-order valence-corrected chi connectivity index (χ1v) is 11.0. The van der Waals surface area contributed by atoms with Gasteiger partial charge in [0.15, 0.2) is 0 Å². The normalized spacial score (nSPS) is 23.6. The summed E-state index contributed by atoms with van der Waals surface area (Å²) in [5.41, 5.74) is 0.114. The van der Waals surface area contributed by atoms with Gasteiger partial charge >= 0.3 is 0 Å². The Morgan fingerprint density at radius 2 is 2.03 bits per heavy atom. The van der Waals surface area contributed by atoms with E-state index >= 15 is 0 Å². The van der Waals surface area contributed by atoms with Crippen molar-refractivity contribution < 1.29 is 19.5 Å². The molecular formula is C21H34N6O4. The van der Waals surface area contributed by atoms with E-state index in [1.807, 2.05) is 20.8 Å². The van der Waals surface area contributed by atoms with Gasteiger partial charge in [0.25, 0.3) is 0 Å². The van der Waals surface area contributed by atoms with E-state index in [1.165, 1.54) is 16.6 Å². The number of aliphatic hydroxyl groups excluding tert-OH is 1. The number of rotatable bonds is 5. The molecule has 0 spiro atoms. The summed E-state index contributed by atoms with van der Waals surface area (Å²) in [7, 11) is 1.52. The van der Waals surface area contributed by atoms with Gasteiger partial charge in [0, 0.05) is 33.0 Å². The number of aliphatic hydroxyl groups is 1. The first kappa shape index (κ1) is 23.2. The summed E-state index contributed by atoms with van der Waals surface area (Å²) in [5.74, 6) is -0.452. The van der Waals surface area contributed by atoms with Crippen molar-refractivity contribution in [2.24, 2.45) is 5.41 Å². The lowest BCUT2D eigenvalue weighted by molar-refractivity contribution is -0.144. The Balaban J connectivity index is 1.82. The molecule has 10 heteroatoms. The largest absolute Gasteiger partial charge is 0.391 e. The van der Waals surface area contributed by atoms with E-state index < -0.39 is 23.6 Å². The molecular weight excluding hydrogens is 400 g/mol. The van der Waals surface area contributed by atoms with Crippen LogP contribution in [0.2, 0.25) is 0 Å². The lowest BCUT2D eigenvalue weighted by atomic mass is 9.85. The molecule has 3 heterocycles. The van der Waals surface area contributed by atoms with Gasteiger partial charge in [0.2, 0.25) is 17.7 Å². The van der Waals surface area contributed by atoms with Crippen LogP contribution in [0.5, 0.6) is 0 Å². The summed E-state index contributed by atoms with van der Waals surface area (Å²) in [6.07, 6.45) is 4.67. The van der Waals surface area contributed by atoms with Crippen LogP contribution in [0.3, 0.4) is 0 Å². The quantitative estimate of drug-likeness (QED) is 0.695. The van der Waals surface area contributed by atoms with Crippen molar-refractivity contribution in [3.8, 4) is 0 Å². The lowest BCUT2D eigenvalue weighted by Gasteiger charge is -2.34. The second-order valence-corrected chi connectivity index (χ2v) is 9.59. The average molecular weight is 435 g/mol. The minimum atomic E-state index is -0.743. The van der Waals surface area contributed by atoms with E-state index in [4.69, 9.17) is 0 Å². The van der Waals surface area contributed by atoms with Crippen molar-refractivity contribution >= 4 is 17.7 Å². The molecule has 0 aliphatic carbocycles. The van der Waals surface area contributed by atoms with Gasteiger partial charge in [-0.1, -0.05) is 32.4 Å². The standard InChI is InChI=1S/C21H34N6O4/c1-21(2,3)18(20(31)26-13-15(28)10-16(26)19(30)22-4)27-12-14(23-24-27)11-25-9-7-5-6-8-17(25)29/h12,15-16,18,28H,5-11,13H2,1-4H3,(H,22,30)/t15?,16-,18?/m1/s1. The fourth-order valence-electron chi connectivity index (χ4n) is 4.42. The second kappa shape index (κ2) is 9.33. The van der Waals surface area contributed by atoms with E-state index in [1.54, 1.807) is 11.1 Å². The summed E-state index contributed by atoms with van der Waals surface area (Å²) in [4.78, 5) is 41.4. The Labute approximate surface area is 182 Å². The highest BCUT2D eigenvalue weighted by Crippen LogP contribution is 2.34. The summed E-state index contributed by atoms with van der Waals surface area (Å²) in [6.45, 7) is 6.96. The van der Waals surface area contributed by atoms with E-state index in [9.17, 15) is 19.5 Å². The molecule has 0 radical (unpaired) electrons. The Morgan fingerprint density at radius 1 is 1.29 bits per heavy atom. The number of nitrogens with zero attached hydrogens (tertiary/aromatic N) is 5. The van der Waals surface area contributed by atoms with Crippen molar-refractivity contribution in [1.29, 1.82) is 0 Å². The van der Waals surface area contributed by atoms with Gasteiger partial charge in [0.05, 0.1) is 18.8 Å². The van der Waals surface area contributed by atoms with Gasteiger partial charge in [-0.15, -0.1) is 5.10 Å². The number of likely N-dealkylation sites (tertiary alicyclic amines) is 2. The third-order valence-electron chi connectivity index (χ3n) is 6.01. The van der Waals surface area contributed by atoms with Crippen LogP contribution in [0, 0.1) is 5.41 Å². The van der Waals surface area contributed by atoms with E-state index in [0.29, 0.717) is 25.2 Å². The summed E-state index contributed by atoms with van der Waals surface area (Å²) in [6, 6.07) is -1.42. The van der Waals surface area contributed by atoms with E-state index in [2.05, 4.69) is 15.6 Å². The first-order chi connectivity index (χ1) is 14.6. The molecule has 0 bridgehead atoms. The fraction of sp³-hybridized carbons (Fsp3) is 0.762. The highest BCUT2D eigenvalue weighted by molar-refractivity contribution is 5.90. The van der Waals surface area contributed by atoms with Crippen LogP contribution >= 0.6 is 0 Å². The predicted octanol–water partition coefficient (Wildman–Crippen LogP) is 0.476. The Kier molecular flexibility index (Phi) is 6.98. The molecule has 2 saturated heterocycles. The molecule has 1 aromatic heterocycles. The molecule has 0 aromatic carbocycles. The van der Waals surface area contributed by atoms with Gasteiger partial charge in [-0.25, -0.2) is 4.68 Å². The number of likely N-dealkylation sites (N-methyl/N-ethyl adjacent to an activating group) is 1. The first-order valence-electron chi connectivity index (χ1n) is 11.0. The molecule has 1 aromatic rings. The predicted molar refractivity (Wildman–Crippen MR) is 113 cm³/mol. The third-order valence-corrected chi connectivity index (χ3v) is 6.01. The minimum Gasteiger partial charge on any atom is -0.391 e. The number of β-amino-alcohol motifs (C(OH)–C–C–N with tert-alkyl or cyclic N) is 1. The number of carbonyl (C=O) groups excluding carboxylic acids is 3. The maximum atomic E-state index is 13.5. The highest BCUT2D eigenvalue weighted by Gasteiger charge is 2.45. The molecule has 2 fully saturated rings. The molecule has 172 valence electrons. The van der Waals surface area contributed by atoms with Gasteiger partial charge in [-0.05, 0) is 18.3 Å². The van der Waals surface area contributed by atoms with Crippen LogP contribution in [-0.2, 0) is 20.9 Å². The minimum absolute atomic E-state index is 0.104. The number of aromatic nitrogens is 3. The van der Waals surface area contributed by atoms with Crippen molar-refractivity contribution in [2.45, 2.75) is 77.6 Å². The van der Waals surface area contributed by atoms with Crippen LogP contribution in [0.1, 0.15) is 64.6 Å². The van der Waals surface area contributed by atoms with Gasteiger partial charge < -0.3 is 20.2 Å². The fourth-order valence-corrected chi connectivity index (χ4v) is 4.42. The SMILES string of the molecule is CNC(=O)[C@H]1CC(O)CN1C(=O)C(n1cc(CN2CCCCCC2=O)nn1)C(C)(C)C. The van der Waals surface area contributed by atoms with Crippen LogP contribution in [-0.4, -0.2) is 79.9 Å². The van der Waals surface area contributed by atoms with Crippen molar-refractivity contribution in [1.82, 2.24) is 30.1 Å². The molecule has 2 N–H and O–H groups in total. The Morgan fingerprint density at radius 3 is 2.71 bits per heavy atom. The average Bonchev–Trinajstić information content (AvgIpc) is 3.25. The molecule has 3 rings (SSSR count). The number of carbonyl (C=O) groups is 3. The Bertz CT molecular complexity index is 817. The molecule has 0 saturated carbocycles. The molecule has 2 aliphatic rings. The summed E-state index contributed by atoms with van der Waals surface area (Å²) < 4.78 is 1.53. The van der Waals surface area contributed by atoms with Crippen LogP contribution < -0.4 is 5.32 Å². The van der Waals surface area contributed by atoms with E-state index in [-0.39, 0.29) is 30.7 Å². The topological polar surface area (TPSA) is 121 Å². The molecule has 10 nitrogen and oxygen atoms in total. The van der Waals surface area contributed by atoms with Crippen molar-refractivity contribution in [3.63, 3.8) is 0 Å². The lowest BCUT2D eigenvalue weighted by Crippen LogP contribution is -2.49. The molecule has 3 atom stereocenters. The monoisotopic (exact) mass is 434 g/mol. The van der Waals surface area contributed by atoms with Gasteiger partial charge in [-0.3, -0.25) is 14.4 Å². The number of nitrogens with one attached hydrogen (secondary N) is 1. The summed E-state index contributed by atoms with van der Waals surface area (Å²) in [5, 5.41) is 21.1. The van der Waals surface area contributed by atoms with Crippen molar-refractivity contribution in [2.75, 3.05) is 20.1 Å². The number of hydrogen-bond acceptors (Lipinski definition) is 6. The van der Waals surface area contributed by atoms with Crippen LogP contribution in [0.4, 0.5) is 0 Å². The zero-order chi connectivity index (χ0) is 22.8. The maximum absolute atomic E-state index is 13.5. The van der Waals surface area contributed by atoms with Crippen LogP contribution in [0.25, 0.3) is 0 Å². The van der Waals surface area contributed by atoms with Crippen molar-refractivity contribution in [3.05, 3.63) is 11.9 Å². The molecule has 31 heavy (non-hydrogen) atoms. The zero-order valence-electron chi connectivity index (χ0n) is 18.9. The molecule has 2 aliphatic heterocycles. The second-order valence-electron chi connectivity index (χ2n) is 9.59. The highest BCUT2D eigenvalue weighted by atomic mass is 16.3. The Hall–Kier alpha value is -2.49. The smallest absolute Gasteiger partial charge is 0.248 e. The third kappa shape index (κ3) is 5.23. The molecule has 3 amide bonds. The zero-order valence-corrected chi connectivity index (χ0v) is 18.9. The molecule has 2 unspecified atom stereocenters. The summed E-state index contributed by atoms with van der Waals surface area (Å²) >= 11 is 0. The van der Waals surface area contributed by atoms with E-state index in [0.717, 1.165) is 19.3 Å². The number of hydrogen-bond donors (Lipinski definition) is 2.